The summed E-state index contributed by atoms with van der Waals surface area (Å²) in [7, 11) is -1.29. The fraction of sp³-hybridized carbons (Fsp3) is 1.00. The maximum Gasteiger partial charge on any atom is 0.214 e. The van der Waals surface area contributed by atoms with Crippen LogP contribution >= 0.6 is 0 Å². The van der Waals surface area contributed by atoms with E-state index in [1.54, 1.807) is 11.4 Å². The Labute approximate surface area is 130 Å². The zero-order valence-corrected chi connectivity index (χ0v) is 15.0. The average molecular weight is 320 g/mol. The number of rotatable bonds is 8. The van der Waals surface area contributed by atoms with E-state index in [4.69, 9.17) is 4.74 Å². The smallest absolute Gasteiger partial charge is 0.214 e. The largest absolute Gasteiger partial charge is 0.379 e. The molecular formula is C15H32N2O3S. The molecule has 1 fully saturated rings. The highest BCUT2D eigenvalue weighted by Crippen LogP contribution is 2.19. The minimum absolute atomic E-state index is 0.127. The summed E-state index contributed by atoms with van der Waals surface area (Å²) in [6.07, 6.45) is 3.41. The van der Waals surface area contributed by atoms with Gasteiger partial charge in [-0.25, -0.2) is 12.7 Å². The Morgan fingerprint density at radius 3 is 2.38 bits per heavy atom. The van der Waals surface area contributed by atoms with Crippen molar-refractivity contribution in [1.82, 2.24) is 9.62 Å². The number of ether oxygens (including phenoxy) is 1. The second-order valence-electron chi connectivity index (χ2n) is 6.72. The number of sulfonamides is 1. The van der Waals surface area contributed by atoms with Crippen molar-refractivity contribution in [2.24, 2.45) is 0 Å². The number of piperidine rings is 1. The van der Waals surface area contributed by atoms with Crippen molar-refractivity contribution in [3.8, 4) is 0 Å². The SMILES string of the molecule is CCCS(=O)(=O)N1CCC(NC(C)CC(C)(C)OC)CC1. The molecule has 0 amide bonds. The highest BCUT2D eigenvalue weighted by atomic mass is 32.2. The summed E-state index contributed by atoms with van der Waals surface area (Å²) in [5.41, 5.74) is -0.127. The van der Waals surface area contributed by atoms with Gasteiger partial charge < -0.3 is 10.1 Å². The second kappa shape index (κ2) is 7.90. The van der Waals surface area contributed by atoms with E-state index >= 15 is 0 Å². The van der Waals surface area contributed by atoms with E-state index in [1.807, 2.05) is 6.92 Å². The zero-order chi connectivity index (χ0) is 16.1. The molecule has 1 aliphatic heterocycles. The van der Waals surface area contributed by atoms with Crippen LogP contribution in [0, 0.1) is 0 Å². The Bertz CT molecular complexity index is 401. The summed E-state index contributed by atoms with van der Waals surface area (Å²) in [5, 5.41) is 3.61. The molecule has 6 heteroatoms. The molecule has 1 saturated heterocycles. The molecule has 1 atom stereocenters. The van der Waals surface area contributed by atoms with Crippen LogP contribution in [-0.2, 0) is 14.8 Å². The summed E-state index contributed by atoms with van der Waals surface area (Å²) in [5.74, 6) is 0.267. The molecule has 1 unspecified atom stereocenters. The molecule has 126 valence electrons. The van der Waals surface area contributed by atoms with Crippen LogP contribution in [-0.4, -0.2) is 56.4 Å². The average Bonchev–Trinajstić information content (AvgIpc) is 2.38. The third-order valence-corrected chi connectivity index (χ3v) is 6.26. The fourth-order valence-corrected chi connectivity index (χ4v) is 4.51. The summed E-state index contributed by atoms with van der Waals surface area (Å²) < 4.78 is 31.2. The van der Waals surface area contributed by atoms with Crippen LogP contribution in [0.1, 0.15) is 53.4 Å². The van der Waals surface area contributed by atoms with E-state index in [2.05, 4.69) is 26.1 Å². The maximum atomic E-state index is 12.0. The molecule has 1 aliphatic rings. The van der Waals surface area contributed by atoms with Crippen LogP contribution in [0.4, 0.5) is 0 Å². The molecule has 0 aromatic carbocycles. The minimum atomic E-state index is -3.03. The van der Waals surface area contributed by atoms with Crippen LogP contribution < -0.4 is 5.32 Å². The Hall–Kier alpha value is -0.170. The number of nitrogens with one attached hydrogen (secondary N) is 1. The van der Waals surface area contributed by atoms with Gasteiger partial charge in [-0.2, -0.15) is 0 Å². The third-order valence-electron chi connectivity index (χ3n) is 4.18. The van der Waals surface area contributed by atoms with E-state index in [1.165, 1.54) is 0 Å². The van der Waals surface area contributed by atoms with E-state index in [9.17, 15) is 8.42 Å². The van der Waals surface area contributed by atoms with Gasteiger partial charge in [0.25, 0.3) is 0 Å². The second-order valence-corrected chi connectivity index (χ2v) is 8.81. The highest BCUT2D eigenvalue weighted by molar-refractivity contribution is 7.89. The normalized spacial score (nSPS) is 20.6. The van der Waals surface area contributed by atoms with Gasteiger partial charge in [0, 0.05) is 32.3 Å². The molecule has 0 aliphatic carbocycles. The summed E-state index contributed by atoms with van der Waals surface area (Å²) in [6, 6.07) is 0.768. The summed E-state index contributed by atoms with van der Waals surface area (Å²) in [4.78, 5) is 0. The topological polar surface area (TPSA) is 58.6 Å². The highest BCUT2D eigenvalue weighted by Gasteiger charge is 2.28. The fourth-order valence-electron chi connectivity index (χ4n) is 2.97. The minimum Gasteiger partial charge on any atom is -0.379 e. The van der Waals surface area contributed by atoms with Gasteiger partial charge in [0.1, 0.15) is 0 Å². The predicted molar refractivity (Wildman–Crippen MR) is 87.0 cm³/mol. The predicted octanol–water partition coefficient (Wildman–Crippen LogP) is 1.98. The van der Waals surface area contributed by atoms with Crippen LogP contribution in [0.5, 0.6) is 0 Å². The van der Waals surface area contributed by atoms with Gasteiger partial charge in [0.05, 0.1) is 11.4 Å². The number of hydrogen-bond donors (Lipinski definition) is 1. The van der Waals surface area contributed by atoms with Gasteiger partial charge in [-0.15, -0.1) is 0 Å². The first-order chi connectivity index (χ1) is 9.70. The van der Waals surface area contributed by atoms with Crippen molar-refractivity contribution in [2.45, 2.75) is 71.1 Å². The van der Waals surface area contributed by atoms with Crippen LogP contribution in [0.15, 0.2) is 0 Å². The van der Waals surface area contributed by atoms with Crippen LogP contribution in [0.2, 0.25) is 0 Å². The van der Waals surface area contributed by atoms with Crippen LogP contribution in [0.25, 0.3) is 0 Å². The molecule has 0 aromatic heterocycles. The molecule has 21 heavy (non-hydrogen) atoms. The lowest BCUT2D eigenvalue weighted by Gasteiger charge is -2.35. The van der Waals surface area contributed by atoms with Crippen LogP contribution in [0.3, 0.4) is 0 Å². The quantitative estimate of drug-likeness (QED) is 0.743. The van der Waals surface area contributed by atoms with Crippen molar-refractivity contribution >= 4 is 10.0 Å². The lowest BCUT2D eigenvalue weighted by Crippen LogP contribution is -2.48. The zero-order valence-electron chi connectivity index (χ0n) is 14.2. The van der Waals surface area contributed by atoms with E-state index in [0.717, 1.165) is 19.3 Å². The lowest BCUT2D eigenvalue weighted by atomic mass is 9.98. The molecule has 0 radical (unpaired) electrons. The first kappa shape index (κ1) is 18.9. The summed E-state index contributed by atoms with van der Waals surface area (Å²) >= 11 is 0. The van der Waals surface area contributed by atoms with Crippen molar-refractivity contribution in [1.29, 1.82) is 0 Å². The lowest BCUT2D eigenvalue weighted by molar-refractivity contribution is 0.00720. The van der Waals surface area contributed by atoms with Crippen molar-refractivity contribution in [3.63, 3.8) is 0 Å². The van der Waals surface area contributed by atoms with Crippen molar-refractivity contribution in [3.05, 3.63) is 0 Å². The summed E-state index contributed by atoms with van der Waals surface area (Å²) in [6.45, 7) is 9.53. The standard InChI is InChI=1S/C15H32N2O3S/c1-6-11-21(18,19)17-9-7-14(8-10-17)16-13(2)12-15(3,4)20-5/h13-14,16H,6-12H2,1-5H3. The molecule has 0 bridgehead atoms. The van der Waals surface area contributed by atoms with Gasteiger partial charge >= 0.3 is 0 Å². The monoisotopic (exact) mass is 320 g/mol. The van der Waals surface area contributed by atoms with Gasteiger partial charge in [-0.05, 0) is 46.5 Å². The third kappa shape index (κ3) is 6.22. The molecular weight excluding hydrogens is 288 g/mol. The Kier molecular flexibility index (Phi) is 7.10. The number of hydrogen-bond acceptors (Lipinski definition) is 4. The molecule has 0 spiro atoms. The Balaban J connectivity index is 2.40. The van der Waals surface area contributed by atoms with Crippen molar-refractivity contribution < 1.29 is 13.2 Å². The molecule has 1 N–H and O–H groups in total. The first-order valence-corrected chi connectivity index (χ1v) is 9.60. The molecule has 1 rings (SSSR count). The van der Waals surface area contributed by atoms with Gasteiger partial charge in [0.2, 0.25) is 10.0 Å². The number of methoxy groups -OCH3 is 1. The molecule has 0 aromatic rings. The van der Waals surface area contributed by atoms with Gasteiger partial charge in [0.15, 0.2) is 0 Å². The van der Waals surface area contributed by atoms with E-state index < -0.39 is 10.0 Å². The van der Waals surface area contributed by atoms with E-state index in [0.29, 0.717) is 31.6 Å². The maximum absolute atomic E-state index is 12.0. The van der Waals surface area contributed by atoms with Gasteiger partial charge in [-0.1, -0.05) is 6.92 Å². The van der Waals surface area contributed by atoms with E-state index in [-0.39, 0.29) is 11.4 Å². The molecule has 0 saturated carbocycles. The molecule has 5 nitrogen and oxygen atoms in total. The molecule has 1 heterocycles. The van der Waals surface area contributed by atoms with Gasteiger partial charge in [-0.3, -0.25) is 0 Å². The van der Waals surface area contributed by atoms with Crippen molar-refractivity contribution in [2.75, 3.05) is 26.0 Å². The Morgan fingerprint density at radius 1 is 1.33 bits per heavy atom. The number of nitrogens with zero attached hydrogens (tertiary/aromatic N) is 1. The Morgan fingerprint density at radius 2 is 1.90 bits per heavy atom. The first-order valence-electron chi connectivity index (χ1n) is 7.99.